The van der Waals surface area contributed by atoms with Crippen molar-refractivity contribution in [3.05, 3.63) is 77.5 Å². The van der Waals surface area contributed by atoms with Crippen LogP contribution >= 0.6 is 0 Å². The standard InChI is InChI=1S/C13H17N3O.C12H6F3NO/c1-15-12-9-16-8-6-11(12)13-4-2-3-10(17-13)5-7-14;13-8-2-1-3-9(14)11(8)12-10(15)5-4-7(6-17)16-12/h6,8-10,13,15H,2-5H2,1H3;1-6H/t10-,13?;/m0./s1. The predicted octanol–water partition coefficient (Wildman–Crippen LogP) is 5.63. The summed E-state index contributed by atoms with van der Waals surface area (Å²) in [6.07, 6.45) is 7.75. The van der Waals surface area contributed by atoms with Crippen LogP contribution in [0, 0.1) is 28.8 Å². The summed E-state index contributed by atoms with van der Waals surface area (Å²) in [6.45, 7) is 0. The number of hydrogen-bond donors (Lipinski definition) is 1. The van der Waals surface area contributed by atoms with Crippen LogP contribution in [0.1, 0.15) is 47.8 Å². The molecule has 1 aliphatic heterocycles. The first kappa shape index (κ1) is 24.9. The van der Waals surface area contributed by atoms with Crippen LogP contribution in [-0.2, 0) is 4.74 Å². The normalized spacial score (nSPS) is 17.1. The van der Waals surface area contributed by atoms with Crippen molar-refractivity contribution in [1.29, 1.82) is 5.26 Å². The molecule has 0 radical (unpaired) electrons. The van der Waals surface area contributed by atoms with E-state index in [0.717, 1.165) is 60.8 Å². The Kier molecular flexibility index (Phi) is 8.71. The van der Waals surface area contributed by atoms with Gasteiger partial charge in [0.2, 0.25) is 0 Å². The molecular weight excluding hydrogens is 445 g/mol. The molecule has 34 heavy (non-hydrogen) atoms. The molecule has 9 heteroatoms. The van der Waals surface area contributed by atoms with E-state index in [1.165, 1.54) is 0 Å². The number of carbonyl (C=O) groups is 1. The molecule has 176 valence electrons. The van der Waals surface area contributed by atoms with Crippen molar-refractivity contribution >= 4 is 12.0 Å². The maximum absolute atomic E-state index is 13.4. The van der Waals surface area contributed by atoms with Crippen molar-refractivity contribution in [2.75, 3.05) is 12.4 Å². The lowest BCUT2D eigenvalue weighted by Gasteiger charge is -2.30. The number of nitrogens with zero attached hydrogens (tertiary/aromatic N) is 3. The molecule has 0 bridgehead atoms. The van der Waals surface area contributed by atoms with Gasteiger partial charge in [-0.05, 0) is 49.6 Å². The molecule has 4 rings (SSSR count). The number of halogens is 3. The quantitative estimate of drug-likeness (QED) is 0.489. The highest BCUT2D eigenvalue weighted by Gasteiger charge is 2.25. The number of rotatable bonds is 5. The lowest BCUT2D eigenvalue weighted by atomic mass is 9.97. The van der Waals surface area contributed by atoms with Gasteiger partial charge in [-0.1, -0.05) is 6.07 Å². The molecule has 2 atom stereocenters. The van der Waals surface area contributed by atoms with E-state index in [2.05, 4.69) is 21.4 Å². The molecule has 1 saturated heterocycles. The first-order valence-corrected chi connectivity index (χ1v) is 10.7. The maximum Gasteiger partial charge on any atom is 0.168 e. The summed E-state index contributed by atoms with van der Waals surface area (Å²) in [6, 6.07) is 9.40. The number of carbonyl (C=O) groups excluding carboxylic acids is 1. The van der Waals surface area contributed by atoms with E-state index in [4.69, 9.17) is 10.00 Å². The van der Waals surface area contributed by atoms with Crippen molar-refractivity contribution < 1.29 is 22.7 Å². The molecule has 1 aromatic carbocycles. The molecular formula is C25H23F3N4O2. The average molecular weight is 468 g/mol. The number of anilines is 1. The maximum atomic E-state index is 13.4. The summed E-state index contributed by atoms with van der Waals surface area (Å²) >= 11 is 0. The minimum atomic E-state index is -0.931. The topological polar surface area (TPSA) is 87.9 Å². The monoisotopic (exact) mass is 468 g/mol. The summed E-state index contributed by atoms with van der Waals surface area (Å²) in [5, 5.41) is 11.9. The third-order valence-corrected chi connectivity index (χ3v) is 5.33. The van der Waals surface area contributed by atoms with Crippen molar-refractivity contribution in [1.82, 2.24) is 9.97 Å². The Morgan fingerprint density at radius 1 is 1.15 bits per heavy atom. The number of ether oxygens (including phenoxy) is 1. The zero-order valence-corrected chi connectivity index (χ0v) is 18.5. The van der Waals surface area contributed by atoms with Gasteiger partial charge in [-0.3, -0.25) is 9.78 Å². The van der Waals surface area contributed by atoms with Gasteiger partial charge in [-0.2, -0.15) is 5.26 Å². The second-order valence-electron chi connectivity index (χ2n) is 7.53. The smallest absolute Gasteiger partial charge is 0.168 e. The number of hydrogen-bond acceptors (Lipinski definition) is 6. The van der Waals surface area contributed by atoms with Crippen LogP contribution in [0.25, 0.3) is 11.3 Å². The molecule has 1 N–H and O–H groups in total. The SMILES string of the molecule is CNc1cnccc1C1CCC[C@@H](CC#N)O1.O=Cc1ccc(F)c(-c2c(F)cccc2F)n1. The van der Waals surface area contributed by atoms with Gasteiger partial charge in [-0.15, -0.1) is 0 Å². The Labute approximate surface area is 195 Å². The van der Waals surface area contributed by atoms with Crippen molar-refractivity contribution in [2.24, 2.45) is 0 Å². The van der Waals surface area contributed by atoms with E-state index in [1.807, 2.05) is 19.3 Å². The lowest BCUT2D eigenvalue weighted by molar-refractivity contribution is -0.0482. The summed E-state index contributed by atoms with van der Waals surface area (Å²) in [4.78, 5) is 18.2. The lowest BCUT2D eigenvalue weighted by Crippen LogP contribution is -2.22. The van der Waals surface area contributed by atoms with Gasteiger partial charge in [0.1, 0.15) is 28.8 Å². The highest BCUT2D eigenvalue weighted by atomic mass is 19.1. The fraction of sp³-hybridized carbons (Fsp3) is 0.280. The van der Waals surface area contributed by atoms with E-state index in [0.29, 0.717) is 12.7 Å². The predicted molar refractivity (Wildman–Crippen MR) is 120 cm³/mol. The highest BCUT2D eigenvalue weighted by Crippen LogP contribution is 2.35. The zero-order chi connectivity index (χ0) is 24.5. The molecule has 0 spiro atoms. The molecule has 1 fully saturated rings. The second-order valence-corrected chi connectivity index (χ2v) is 7.53. The Bertz CT molecular complexity index is 1160. The molecule has 0 amide bonds. The first-order chi connectivity index (χ1) is 16.5. The molecule has 1 unspecified atom stereocenters. The van der Waals surface area contributed by atoms with Crippen molar-refractivity contribution in [3.8, 4) is 17.3 Å². The first-order valence-electron chi connectivity index (χ1n) is 10.7. The van der Waals surface area contributed by atoms with Gasteiger partial charge in [0.05, 0.1) is 42.1 Å². The van der Waals surface area contributed by atoms with Gasteiger partial charge in [0.25, 0.3) is 0 Å². The number of nitriles is 1. The van der Waals surface area contributed by atoms with Crippen molar-refractivity contribution in [3.63, 3.8) is 0 Å². The summed E-state index contributed by atoms with van der Waals surface area (Å²) in [5.41, 5.74) is 0.975. The van der Waals surface area contributed by atoms with E-state index in [9.17, 15) is 18.0 Å². The third-order valence-electron chi connectivity index (χ3n) is 5.33. The van der Waals surface area contributed by atoms with Crippen molar-refractivity contribution in [2.45, 2.75) is 37.9 Å². The summed E-state index contributed by atoms with van der Waals surface area (Å²) in [5.74, 6) is -2.75. The molecule has 0 aliphatic carbocycles. The van der Waals surface area contributed by atoms with Gasteiger partial charge < -0.3 is 10.1 Å². The summed E-state index contributed by atoms with van der Waals surface area (Å²) in [7, 11) is 1.89. The van der Waals surface area contributed by atoms with Gasteiger partial charge in [0, 0.05) is 18.8 Å². The molecule has 2 aromatic heterocycles. The van der Waals surface area contributed by atoms with E-state index >= 15 is 0 Å². The molecule has 3 aromatic rings. The molecule has 6 nitrogen and oxygen atoms in total. The molecule has 3 heterocycles. The minimum absolute atomic E-state index is 0.0802. The minimum Gasteiger partial charge on any atom is -0.387 e. The molecule has 0 saturated carbocycles. The van der Waals surface area contributed by atoms with Gasteiger partial charge in [0.15, 0.2) is 6.29 Å². The van der Waals surface area contributed by atoms with Crippen LogP contribution in [0.2, 0.25) is 0 Å². The second kappa shape index (κ2) is 11.9. The Balaban J connectivity index is 0.000000191. The van der Waals surface area contributed by atoms with Crippen LogP contribution < -0.4 is 5.32 Å². The largest absolute Gasteiger partial charge is 0.387 e. The number of pyridine rings is 2. The van der Waals surface area contributed by atoms with Crippen LogP contribution in [0.15, 0.2) is 48.8 Å². The van der Waals surface area contributed by atoms with Gasteiger partial charge in [-0.25, -0.2) is 18.2 Å². The number of aldehydes is 1. The Hall–Kier alpha value is -3.77. The average Bonchev–Trinajstić information content (AvgIpc) is 2.86. The number of nitrogens with one attached hydrogen (secondary N) is 1. The van der Waals surface area contributed by atoms with Crippen LogP contribution in [0.3, 0.4) is 0 Å². The summed E-state index contributed by atoms with van der Waals surface area (Å²) < 4.78 is 46.2. The fourth-order valence-electron chi connectivity index (χ4n) is 3.70. The van der Waals surface area contributed by atoms with E-state index in [-0.39, 0.29) is 17.9 Å². The highest BCUT2D eigenvalue weighted by molar-refractivity contribution is 5.74. The fourth-order valence-corrected chi connectivity index (χ4v) is 3.70. The van der Waals surface area contributed by atoms with Crippen LogP contribution in [0.5, 0.6) is 0 Å². The van der Waals surface area contributed by atoms with Crippen LogP contribution in [-0.4, -0.2) is 29.4 Å². The van der Waals surface area contributed by atoms with Gasteiger partial charge >= 0.3 is 0 Å². The number of aromatic nitrogens is 2. The Morgan fingerprint density at radius 2 is 1.91 bits per heavy atom. The van der Waals surface area contributed by atoms with E-state index < -0.39 is 28.7 Å². The van der Waals surface area contributed by atoms with Crippen LogP contribution in [0.4, 0.5) is 18.9 Å². The third kappa shape index (κ3) is 5.97. The number of benzene rings is 1. The zero-order valence-electron chi connectivity index (χ0n) is 18.5. The molecule has 1 aliphatic rings. The Morgan fingerprint density at radius 3 is 2.59 bits per heavy atom. The van der Waals surface area contributed by atoms with E-state index in [1.54, 1.807) is 6.20 Å².